The molecule has 0 saturated heterocycles. The van der Waals surface area contributed by atoms with Crippen molar-refractivity contribution in [2.45, 2.75) is 18.9 Å². The molecule has 1 atom stereocenters. The minimum Gasteiger partial charge on any atom is -0.463 e. The van der Waals surface area contributed by atoms with Gasteiger partial charge in [-0.25, -0.2) is 9.78 Å². The average molecular weight is 396 g/mol. The van der Waals surface area contributed by atoms with E-state index < -0.39 is 11.6 Å². The van der Waals surface area contributed by atoms with Gasteiger partial charge in [0.2, 0.25) is 11.5 Å². The van der Waals surface area contributed by atoms with Crippen LogP contribution in [0.3, 0.4) is 0 Å². The average Bonchev–Trinajstić information content (AvgIpc) is 3.17. The van der Waals surface area contributed by atoms with Gasteiger partial charge in [-0.15, -0.1) is 0 Å². The topological polar surface area (TPSA) is 72.6 Å². The first-order chi connectivity index (χ1) is 13.5. The lowest BCUT2D eigenvalue weighted by molar-refractivity contribution is -0.159. The summed E-state index contributed by atoms with van der Waals surface area (Å²) in [7, 11) is 0. The first-order valence-corrected chi connectivity index (χ1v) is 9.06. The Morgan fingerprint density at radius 1 is 1.21 bits per heavy atom. The Balaban J connectivity index is 1.87. The van der Waals surface area contributed by atoms with Gasteiger partial charge in [-0.3, -0.25) is 0 Å². The van der Waals surface area contributed by atoms with E-state index in [9.17, 15) is 9.90 Å². The molecule has 0 radical (unpaired) electrons. The molecule has 28 heavy (non-hydrogen) atoms. The van der Waals surface area contributed by atoms with Gasteiger partial charge in [0.25, 0.3) is 0 Å². The summed E-state index contributed by atoms with van der Waals surface area (Å²) in [5.41, 5.74) is -0.668. The fourth-order valence-electron chi connectivity index (χ4n) is 2.48. The molecular formula is C22H18ClNO4. The number of hydrogen-bond donors (Lipinski definition) is 1. The molecule has 0 aliphatic rings. The fourth-order valence-corrected chi connectivity index (χ4v) is 2.61. The Bertz CT molecular complexity index is 1000. The molecule has 142 valence electrons. The van der Waals surface area contributed by atoms with Crippen LogP contribution in [0, 0.1) is 11.8 Å². The van der Waals surface area contributed by atoms with Crippen molar-refractivity contribution in [2.24, 2.45) is 0 Å². The molecule has 3 aromatic rings. The molecule has 0 unspecified atom stereocenters. The molecule has 0 bridgehead atoms. The second-order valence-corrected chi connectivity index (χ2v) is 6.45. The quantitative estimate of drug-likeness (QED) is 0.524. The third kappa shape index (κ3) is 4.80. The van der Waals surface area contributed by atoms with Gasteiger partial charge in [-0.05, 0) is 43.3 Å². The van der Waals surface area contributed by atoms with Crippen molar-refractivity contribution >= 4 is 17.6 Å². The summed E-state index contributed by atoms with van der Waals surface area (Å²) in [5.74, 6) is 5.28. The van der Waals surface area contributed by atoms with E-state index in [1.165, 1.54) is 6.20 Å². The zero-order valence-electron chi connectivity index (χ0n) is 15.2. The van der Waals surface area contributed by atoms with Crippen LogP contribution in [0.25, 0.3) is 11.5 Å². The number of ether oxygens (including phenoxy) is 1. The molecule has 0 amide bonds. The van der Waals surface area contributed by atoms with E-state index in [4.69, 9.17) is 20.8 Å². The van der Waals surface area contributed by atoms with Gasteiger partial charge < -0.3 is 14.3 Å². The minimum atomic E-state index is -2.07. The highest BCUT2D eigenvalue weighted by Crippen LogP contribution is 2.22. The predicted molar refractivity (Wildman–Crippen MR) is 106 cm³/mol. The van der Waals surface area contributed by atoms with Gasteiger partial charge >= 0.3 is 5.97 Å². The van der Waals surface area contributed by atoms with E-state index in [1.54, 1.807) is 31.2 Å². The lowest BCUT2D eigenvalue weighted by Crippen LogP contribution is -2.41. The molecule has 0 saturated carbocycles. The molecule has 0 aliphatic carbocycles. The van der Waals surface area contributed by atoms with Crippen LogP contribution in [0.1, 0.15) is 18.2 Å². The molecule has 6 heteroatoms. The summed E-state index contributed by atoms with van der Waals surface area (Å²) in [6.45, 7) is 1.78. The number of esters is 1. The molecule has 2 aromatic carbocycles. The summed E-state index contributed by atoms with van der Waals surface area (Å²) < 4.78 is 10.7. The van der Waals surface area contributed by atoms with Crippen LogP contribution < -0.4 is 0 Å². The van der Waals surface area contributed by atoms with Gasteiger partial charge in [0.1, 0.15) is 5.76 Å². The van der Waals surface area contributed by atoms with Gasteiger partial charge in [-0.1, -0.05) is 41.6 Å². The largest absolute Gasteiger partial charge is 0.463 e. The summed E-state index contributed by atoms with van der Waals surface area (Å²) >= 11 is 5.86. The fraction of sp³-hybridized carbons (Fsp3) is 0.182. The minimum absolute atomic E-state index is 0.120. The number of hydrogen-bond acceptors (Lipinski definition) is 5. The number of benzene rings is 2. The van der Waals surface area contributed by atoms with E-state index >= 15 is 0 Å². The molecule has 3 rings (SSSR count). The second-order valence-electron chi connectivity index (χ2n) is 6.01. The van der Waals surface area contributed by atoms with Crippen LogP contribution in [-0.4, -0.2) is 28.3 Å². The van der Waals surface area contributed by atoms with E-state index in [2.05, 4.69) is 16.8 Å². The second kappa shape index (κ2) is 8.75. The van der Waals surface area contributed by atoms with Gasteiger partial charge in [0.15, 0.2) is 0 Å². The lowest BCUT2D eigenvalue weighted by Gasteiger charge is -2.18. The molecule has 0 aliphatic heterocycles. The number of aliphatic hydroxyl groups is 1. The van der Waals surface area contributed by atoms with Crippen LogP contribution in [0.5, 0.6) is 0 Å². The Kier molecular flexibility index (Phi) is 6.15. The van der Waals surface area contributed by atoms with Crippen molar-refractivity contribution in [1.82, 2.24) is 4.98 Å². The summed E-state index contributed by atoms with van der Waals surface area (Å²) in [4.78, 5) is 16.6. The van der Waals surface area contributed by atoms with E-state index in [0.29, 0.717) is 22.2 Å². The van der Waals surface area contributed by atoms with Crippen LogP contribution in [0.15, 0.2) is 65.2 Å². The molecule has 0 fully saturated rings. The van der Waals surface area contributed by atoms with Crippen LogP contribution >= 0.6 is 11.6 Å². The van der Waals surface area contributed by atoms with Crippen molar-refractivity contribution in [3.05, 3.63) is 77.1 Å². The third-order valence-corrected chi connectivity index (χ3v) is 4.13. The normalized spacial score (nSPS) is 12.5. The number of nitrogens with zero attached hydrogens (tertiary/aromatic N) is 1. The highest BCUT2D eigenvalue weighted by atomic mass is 35.5. The molecule has 1 N–H and O–H groups in total. The van der Waals surface area contributed by atoms with Crippen LogP contribution in [-0.2, 0) is 16.0 Å². The lowest BCUT2D eigenvalue weighted by atomic mass is 9.98. The highest BCUT2D eigenvalue weighted by molar-refractivity contribution is 6.30. The molecule has 1 heterocycles. The van der Waals surface area contributed by atoms with E-state index in [0.717, 1.165) is 5.56 Å². The van der Waals surface area contributed by atoms with Crippen molar-refractivity contribution in [3.63, 3.8) is 0 Å². The first kappa shape index (κ1) is 19.7. The van der Waals surface area contributed by atoms with Gasteiger partial charge in [0, 0.05) is 16.1 Å². The molecule has 1 aromatic heterocycles. The zero-order chi connectivity index (χ0) is 20.0. The van der Waals surface area contributed by atoms with Gasteiger partial charge in [0.05, 0.1) is 19.2 Å². The number of oxazole rings is 1. The molecular weight excluding hydrogens is 378 g/mol. The number of carbonyl (C=O) groups is 1. The van der Waals surface area contributed by atoms with E-state index in [1.807, 2.05) is 30.3 Å². The van der Waals surface area contributed by atoms with Crippen molar-refractivity contribution < 1.29 is 19.1 Å². The van der Waals surface area contributed by atoms with Gasteiger partial charge in [-0.2, -0.15) is 0 Å². The Morgan fingerprint density at radius 3 is 2.61 bits per heavy atom. The smallest absolute Gasteiger partial charge is 0.351 e. The Hall–Kier alpha value is -3.07. The maximum atomic E-state index is 12.4. The maximum absolute atomic E-state index is 12.4. The zero-order valence-corrected chi connectivity index (χ0v) is 15.9. The van der Waals surface area contributed by atoms with Crippen molar-refractivity contribution in [3.8, 4) is 23.3 Å². The first-order valence-electron chi connectivity index (χ1n) is 8.68. The predicted octanol–water partition coefficient (Wildman–Crippen LogP) is 3.88. The summed E-state index contributed by atoms with van der Waals surface area (Å²) in [6.07, 6.45) is 1.28. The SMILES string of the molecule is CCOC(=O)[C@](O)(C#Cc1ccc(Cl)cc1)Cc1cnc(-c2ccccc2)o1. The number of carbonyl (C=O) groups excluding carboxylic acids is 1. The van der Waals surface area contributed by atoms with Crippen LogP contribution in [0.4, 0.5) is 0 Å². The Morgan fingerprint density at radius 2 is 1.93 bits per heavy atom. The van der Waals surface area contributed by atoms with E-state index in [-0.39, 0.29) is 13.0 Å². The molecule has 5 nitrogen and oxygen atoms in total. The van der Waals surface area contributed by atoms with Crippen molar-refractivity contribution in [1.29, 1.82) is 0 Å². The summed E-state index contributed by atoms with van der Waals surface area (Å²) in [6, 6.07) is 16.1. The summed E-state index contributed by atoms with van der Waals surface area (Å²) in [5, 5.41) is 11.5. The highest BCUT2D eigenvalue weighted by Gasteiger charge is 2.37. The maximum Gasteiger partial charge on any atom is 0.351 e. The standard InChI is InChI=1S/C22H18ClNO4/c1-2-27-21(25)22(26,13-12-16-8-10-18(23)11-9-16)14-19-15-24-20(28-19)17-6-4-3-5-7-17/h3-11,15,26H,2,14H2,1H3/t22-/m0/s1. The third-order valence-electron chi connectivity index (χ3n) is 3.88. The monoisotopic (exact) mass is 395 g/mol. The molecule has 0 spiro atoms. The van der Waals surface area contributed by atoms with Crippen LogP contribution in [0.2, 0.25) is 5.02 Å². The Labute approximate surface area is 167 Å². The number of aromatic nitrogens is 1. The number of rotatable bonds is 5. The number of halogens is 1. The van der Waals surface area contributed by atoms with Crippen molar-refractivity contribution in [2.75, 3.05) is 6.61 Å².